The van der Waals surface area contributed by atoms with Crippen molar-refractivity contribution in [2.45, 2.75) is 25.0 Å². The zero-order chi connectivity index (χ0) is 19.8. The summed E-state index contributed by atoms with van der Waals surface area (Å²) in [4.78, 5) is 25.5. The Morgan fingerprint density at radius 1 is 0.714 bits per heavy atom. The largest absolute Gasteiger partial charge is 0.479 e. The maximum absolute atomic E-state index is 13.2. The molecule has 0 aliphatic rings. The first-order valence-corrected chi connectivity index (χ1v) is 9.12. The highest BCUT2D eigenvalue weighted by Crippen LogP contribution is 2.24. The number of hydrogen-bond donors (Lipinski definition) is 1. The van der Waals surface area contributed by atoms with Crippen LogP contribution in [0.15, 0.2) is 91.0 Å². The summed E-state index contributed by atoms with van der Waals surface area (Å²) < 4.78 is 5.87. The van der Waals surface area contributed by atoms with E-state index in [0.717, 1.165) is 16.7 Å². The smallest absolute Gasteiger partial charge is 0.344 e. The van der Waals surface area contributed by atoms with Crippen molar-refractivity contribution in [2.75, 3.05) is 0 Å². The number of Topliss-reactive ketones (excluding diaryl/α,β-unsaturated/α-hetero) is 1. The Kier molecular flexibility index (Phi) is 6.35. The molecule has 1 unspecified atom stereocenters. The van der Waals surface area contributed by atoms with Gasteiger partial charge >= 0.3 is 5.97 Å². The quantitative estimate of drug-likeness (QED) is 0.573. The molecule has 142 valence electrons. The standard InChI is InChI=1S/C24H22O4/c25-22(16-19-10-4-1-5-11-19)24(23(26)27,17-20-12-6-2-7-13-20)28-18-21-14-8-3-9-15-21/h1-15H,16-18H2,(H,26,27). The lowest BCUT2D eigenvalue weighted by Gasteiger charge is -2.29. The van der Waals surface area contributed by atoms with Crippen molar-refractivity contribution in [3.8, 4) is 0 Å². The van der Waals surface area contributed by atoms with Crippen LogP contribution >= 0.6 is 0 Å². The van der Waals surface area contributed by atoms with Gasteiger partial charge in [0.05, 0.1) is 6.61 Å². The Labute approximate surface area is 164 Å². The fraction of sp³-hybridized carbons (Fsp3) is 0.167. The molecule has 0 aliphatic heterocycles. The van der Waals surface area contributed by atoms with Gasteiger partial charge in [-0.15, -0.1) is 0 Å². The Bertz CT molecular complexity index is 907. The molecule has 4 heteroatoms. The molecular formula is C24H22O4. The van der Waals surface area contributed by atoms with Crippen LogP contribution in [-0.2, 0) is 33.8 Å². The van der Waals surface area contributed by atoms with Gasteiger partial charge in [0.25, 0.3) is 0 Å². The van der Waals surface area contributed by atoms with Gasteiger partial charge in [0, 0.05) is 12.8 Å². The third kappa shape index (κ3) is 4.72. The van der Waals surface area contributed by atoms with Crippen molar-refractivity contribution in [1.82, 2.24) is 0 Å². The van der Waals surface area contributed by atoms with E-state index in [1.54, 1.807) is 12.1 Å². The summed E-state index contributed by atoms with van der Waals surface area (Å²) in [5.74, 6) is -1.74. The van der Waals surface area contributed by atoms with E-state index in [-0.39, 0.29) is 19.4 Å². The highest BCUT2D eigenvalue weighted by molar-refractivity contribution is 6.07. The van der Waals surface area contributed by atoms with Crippen molar-refractivity contribution < 1.29 is 19.4 Å². The molecule has 0 saturated carbocycles. The summed E-state index contributed by atoms with van der Waals surface area (Å²) >= 11 is 0. The molecule has 1 atom stereocenters. The zero-order valence-electron chi connectivity index (χ0n) is 15.5. The predicted molar refractivity (Wildman–Crippen MR) is 107 cm³/mol. The average molecular weight is 374 g/mol. The molecule has 0 radical (unpaired) electrons. The number of ketones is 1. The van der Waals surface area contributed by atoms with Gasteiger partial charge in [-0.05, 0) is 16.7 Å². The molecule has 1 N–H and O–H groups in total. The average Bonchev–Trinajstić information content (AvgIpc) is 2.73. The first-order chi connectivity index (χ1) is 13.6. The maximum Gasteiger partial charge on any atom is 0.344 e. The SMILES string of the molecule is O=C(O)C(Cc1ccccc1)(OCc1ccccc1)C(=O)Cc1ccccc1. The molecule has 0 heterocycles. The fourth-order valence-electron chi connectivity index (χ4n) is 3.07. The number of rotatable bonds is 9. The lowest BCUT2D eigenvalue weighted by Crippen LogP contribution is -2.51. The number of aliphatic carboxylic acids is 1. The van der Waals surface area contributed by atoms with Gasteiger partial charge in [0.1, 0.15) is 0 Å². The second-order valence-electron chi connectivity index (χ2n) is 6.65. The van der Waals surface area contributed by atoms with Gasteiger partial charge in [-0.1, -0.05) is 91.0 Å². The van der Waals surface area contributed by atoms with Gasteiger partial charge in [-0.25, -0.2) is 4.79 Å². The van der Waals surface area contributed by atoms with Gasteiger partial charge in [-0.2, -0.15) is 0 Å². The Balaban J connectivity index is 1.91. The van der Waals surface area contributed by atoms with Crippen LogP contribution in [0.4, 0.5) is 0 Å². The molecule has 0 aliphatic carbocycles. The molecule has 28 heavy (non-hydrogen) atoms. The van der Waals surface area contributed by atoms with Crippen LogP contribution in [0.2, 0.25) is 0 Å². The maximum atomic E-state index is 13.2. The summed E-state index contributed by atoms with van der Waals surface area (Å²) in [6.45, 7) is 0.0422. The number of ether oxygens (including phenoxy) is 1. The topological polar surface area (TPSA) is 63.6 Å². The summed E-state index contributed by atoms with van der Waals surface area (Å²) in [6, 6.07) is 27.5. The monoisotopic (exact) mass is 374 g/mol. The van der Waals surface area contributed by atoms with Crippen molar-refractivity contribution in [1.29, 1.82) is 0 Å². The lowest BCUT2D eigenvalue weighted by atomic mass is 9.86. The fourth-order valence-corrected chi connectivity index (χ4v) is 3.07. The van der Waals surface area contributed by atoms with Crippen molar-refractivity contribution in [3.05, 3.63) is 108 Å². The second kappa shape index (κ2) is 9.11. The van der Waals surface area contributed by atoms with E-state index in [0.29, 0.717) is 0 Å². The number of carboxylic acids is 1. The minimum absolute atomic E-state index is 0.00520. The molecule has 3 aromatic carbocycles. The first-order valence-electron chi connectivity index (χ1n) is 9.12. The summed E-state index contributed by atoms with van der Waals surface area (Å²) in [6.07, 6.45) is -0.0313. The van der Waals surface area contributed by atoms with E-state index in [2.05, 4.69) is 0 Å². The van der Waals surface area contributed by atoms with Gasteiger partial charge in [0.15, 0.2) is 5.78 Å². The Hall–Kier alpha value is -3.24. The lowest BCUT2D eigenvalue weighted by molar-refractivity contribution is -0.174. The van der Waals surface area contributed by atoms with Gasteiger partial charge in [0.2, 0.25) is 5.60 Å². The number of hydrogen-bond acceptors (Lipinski definition) is 3. The predicted octanol–water partition coefficient (Wildman–Crippen LogP) is 4.08. The molecule has 0 fully saturated rings. The van der Waals surface area contributed by atoms with Gasteiger partial charge in [-0.3, -0.25) is 4.79 Å². The van der Waals surface area contributed by atoms with E-state index in [1.807, 2.05) is 78.9 Å². The van der Waals surface area contributed by atoms with E-state index in [1.165, 1.54) is 0 Å². The minimum atomic E-state index is -1.95. The van der Waals surface area contributed by atoms with Gasteiger partial charge < -0.3 is 9.84 Å². The van der Waals surface area contributed by atoms with E-state index < -0.39 is 17.4 Å². The number of carboxylic acid groups (broad SMARTS) is 1. The van der Waals surface area contributed by atoms with Crippen LogP contribution in [0.25, 0.3) is 0 Å². The number of carbonyl (C=O) groups is 2. The molecule has 0 aromatic heterocycles. The van der Waals surface area contributed by atoms with Crippen LogP contribution in [0.3, 0.4) is 0 Å². The summed E-state index contributed by atoms with van der Waals surface area (Å²) in [7, 11) is 0. The Morgan fingerprint density at radius 3 is 1.68 bits per heavy atom. The van der Waals surface area contributed by atoms with Crippen molar-refractivity contribution in [2.24, 2.45) is 0 Å². The van der Waals surface area contributed by atoms with Crippen molar-refractivity contribution in [3.63, 3.8) is 0 Å². The summed E-state index contributed by atoms with van der Waals surface area (Å²) in [5.41, 5.74) is 0.357. The highest BCUT2D eigenvalue weighted by Gasteiger charge is 2.47. The van der Waals surface area contributed by atoms with Crippen LogP contribution in [-0.4, -0.2) is 22.5 Å². The molecule has 0 bridgehead atoms. The first kappa shape index (κ1) is 19.5. The normalized spacial score (nSPS) is 12.9. The third-order valence-electron chi connectivity index (χ3n) is 4.63. The van der Waals surface area contributed by atoms with Crippen LogP contribution in [0, 0.1) is 0 Å². The van der Waals surface area contributed by atoms with E-state index >= 15 is 0 Å². The molecule has 0 spiro atoms. The number of benzene rings is 3. The molecule has 4 nitrogen and oxygen atoms in total. The van der Waals surface area contributed by atoms with E-state index in [4.69, 9.17) is 4.74 Å². The summed E-state index contributed by atoms with van der Waals surface area (Å²) in [5, 5.41) is 10.1. The third-order valence-corrected chi connectivity index (χ3v) is 4.63. The molecule has 0 saturated heterocycles. The molecule has 3 rings (SSSR count). The Morgan fingerprint density at radius 2 is 1.18 bits per heavy atom. The van der Waals surface area contributed by atoms with Crippen LogP contribution < -0.4 is 0 Å². The zero-order valence-corrected chi connectivity index (χ0v) is 15.5. The van der Waals surface area contributed by atoms with Crippen LogP contribution in [0.5, 0.6) is 0 Å². The second-order valence-corrected chi connectivity index (χ2v) is 6.65. The minimum Gasteiger partial charge on any atom is -0.479 e. The molecular weight excluding hydrogens is 352 g/mol. The molecule has 3 aromatic rings. The van der Waals surface area contributed by atoms with Crippen molar-refractivity contribution >= 4 is 11.8 Å². The highest BCUT2D eigenvalue weighted by atomic mass is 16.5. The molecule has 0 amide bonds. The number of carbonyl (C=O) groups excluding carboxylic acids is 1. The van der Waals surface area contributed by atoms with Crippen LogP contribution in [0.1, 0.15) is 16.7 Å². The van der Waals surface area contributed by atoms with E-state index in [9.17, 15) is 14.7 Å².